The lowest BCUT2D eigenvalue weighted by atomic mass is 10.4. The van der Waals surface area contributed by atoms with Gasteiger partial charge in [-0.05, 0) is 26.0 Å². The predicted molar refractivity (Wildman–Crippen MR) is 83.1 cm³/mol. The molecule has 0 radical (unpaired) electrons. The molecule has 1 N–H and O–H groups in total. The number of furan rings is 1. The Kier molecular flexibility index (Phi) is 4.90. The number of carbonyl (C=O) groups excluding carboxylic acids is 1. The third-order valence-corrected chi connectivity index (χ3v) is 4.66. The summed E-state index contributed by atoms with van der Waals surface area (Å²) in [5.74, 6) is 1.60. The quantitative estimate of drug-likeness (QED) is 0.829. The number of nitrogens with one attached hydrogen (secondary N) is 1. The van der Waals surface area contributed by atoms with E-state index in [1.165, 1.54) is 11.1 Å². The highest BCUT2D eigenvalue weighted by Crippen LogP contribution is 2.09. The van der Waals surface area contributed by atoms with Gasteiger partial charge in [0.15, 0.2) is 5.03 Å². The Morgan fingerprint density at radius 2 is 2.09 bits per heavy atom. The van der Waals surface area contributed by atoms with Crippen LogP contribution in [0.5, 0.6) is 0 Å². The van der Waals surface area contributed by atoms with Crippen LogP contribution in [0.4, 0.5) is 0 Å². The molecule has 0 spiro atoms. The van der Waals surface area contributed by atoms with E-state index in [1.54, 1.807) is 37.7 Å². The van der Waals surface area contributed by atoms with Crippen LogP contribution in [-0.4, -0.2) is 42.4 Å². The van der Waals surface area contributed by atoms with E-state index in [9.17, 15) is 13.2 Å². The maximum atomic E-state index is 12.1. The molecular weight excluding hydrogens is 320 g/mol. The van der Waals surface area contributed by atoms with E-state index in [4.69, 9.17) is 4.42 Å². The smallest absolute Gasteiger partial charge is 0.260 e. The Labute approximate surface area is 135 Å². The number of aryl methyl sites for hydroxylation is 3. The van der Waals surface area contributed by atoms with Gasteiger partial charge in [0.05, 0.1) is 13.1 Å². The summed E-state index contributed by atoms with van der Waals surface area (Å²) in [7, 11) is -0.529. The number of rotatable bonds is 6. The lowest BCUT2D eigenvalue weighted by molar-refractivity contribution is -0.129. The molecule has 126 valence electrons. The van der Waals surface area contributed by atoms with Gasteiger partial charge in [0, 0.05) is 20.3 Å². The molecule has 8 nitrogen and oxygen atoms in total. The first-order valence-electron chi connectivity index (χ1n) is 6.98. The summed E-state index contributed by atoms with van der Waals surface area (Å²) in [4.78, 5) is 17.4. The summed E-state index contributed by atoms with van der Waals surface area (Å²) in [5.41, 5.74) is 0. The molecule has 0 aliphatic carbocycles. The molecule has 1 amide bonds. The normalized spacial score (nSPS) is 11.7. The molecule has 0 saturated carbocycles. The number of sulfonamides is 1. The Hall–Kier alpha value is -2.13. The van der Waals surface area contributed by atoms with Crippen molar-refractivity contribution in [3.8, 4) is 0 Å². The fraction of sp³-hybridized carbons (Fsp3) is 0.429. The number of hydrogen-bond donors (Lipinski definition) is 1. The number of hydrogen-bond acceptors (Lipinski definition) is 5. The third-order valence-electron chi connectivity index (χ3n) is 3.39. The minimum absolute atomic E-state index is 0.102. The SMILES string of the molecule is Cc1ccc(CN(C)C(=O)CNS(=O)(=O)c2cn(C)c(C)n2)o1. The van der Waals surface area contributed by atoms with Gasteiger partial charge < -0.3 is 13.9 Å². The van der Waals surface area contributed by atoms with E-state index in [2.05, 4.69) is 9.71 Å². The molecule has 9 heteroatoms. The number of likely N-dealkylation sites (N-methyl/N-ethyl adjacent to an activating group) is 1. The first-order valence-corrected chi connectivity index (χ1v) is 8.46. The molecule has 2 aromatic rings. The lowest BCUT2D eigenvalue weighted by Gasteiger charge is -2.15. The van der Waals surface area contributed by atoms with Gasteiger partial charge in [0.25, 0.3) is 10.0 Å². The number of aromatic nitrogens is 2. The Balaban J connectivity index is 1.95. The summed E-state index contributed by atoms with van der Waals surface area (Å²) in [5, 5.41) is -0.102. The summed E-state index contributed by atoms with van der Waals surface area (Å²) in [6, 6.07) is 3.58. The van der Waals surface area contributed by atoms with Crippen molar-refractivity contribution in [3.05, 3.63) is 35.7 Å². The van der Waals surface area contributed by atoms with Crippen LogP contribution in [0.15, 0.2) is 27.8 Å². The molecule has 0 aromatic carbocycles. The van der Waals surface area contributed by atoms with Crippen LogP contribution < -0.4 is 4.72 Å². The van der Waals surface area contributed by atoms with Crippen molar-refractivity contribution < 1.29 is 17.6 Å². The molecular formula is C14H20N4O4S. The second-order valence-electron chi connectivity index (χ2n) is 5.32. The zero-order valence-corrected chi connectivity index (χ0v) is 14.3. The lowest BCUT2D eigenvalue weighted by Crippen LogP contribution is -2.37. The maximum absolute atomic E-state index is 12.1. The topological polar surface area (TPSA) is 97.4 Å². The van der Waals surface area contributed by atoms with Crippen molar-refractivity contribution in [1.82, 2.24) is 19.2 Å². The van der Waals surface area contributed by atoms with Crippen LogP contribution in [-0.2, 0) is 28.4 Å². The predicted octanol–water partition coefficient (Wildman–Crippen LogP) is 0.567. The van der Waals surface area contributed by atoms with Crippen LogP contribution >= 0.6 is 0 Å². The van der Waals surface area contributed by atoms with Gasteiger partial charge in [-0.15, -0.1) is 0 Å². The highest BCUT2D eigenvalue weighted by Gasteiger charge is 2.20. The molecule has 2 heterocycles. The summed E-state index contributed by atoms with van der Waals surface area (Å²) < 4.78 is 33.5. The zero-order chi connectivity index (χ0) is 17.2. The molecule has 0 atom stereocenters. The summed E-state index contributed by atoms with van der Waals surface area (Å²) >= 11 is 0. The molecule has 0 aliphatic rings. The van der Waals surface area contributed by atoms with Gasteiger partial charge in [-0.2, -0.15) is 0 Å². The second-order valence-corrected chi connectivity index (χ2v) is 7.04. The molecule has 0 fully saturated rings. The number of imidazole rings is 1. The van der Waals surface area contributed by atoms with Gasteiger partial charge >= 0.3 is 0 Å². The average molecular weight is 340 g/mol. The highest BCUT2D eigenvalue weighted by molar-refractivity contribution is 7.89. The van der Waals surface area contributed by atoms with E-state index in [0.29, 0.717) is 11.6 Å². The fourth-order valence-corrected chi connectivity index (χ4v) is 2.92. The molecule has 0 aliphatic heterocycles. The van der Waals surface area contributed by atoms with Crippen LogP contribution in [0, 0.1) is 13.8 Å². The van der Waals surface area contributed by atoms with Crippen molar-refractivity contribution in [2.24, 2.45) is 7.05 Å². The van der Waals surface area contributed by atoms with E-state index in [0.717, 1.165) is 5.76 Å². The van der Waals surface area contributed by atoms with E-state index in [-0.39, 0.29) is 24.0 Å². The number of carbonyl (C=O) groups is 1. The van der Waals surface area contributed by atoms with Crippen molar-refractivity contribution >= 4 is 15.9 Å². The van der Waals surface area contributed by atoms with Crippen LogP contribution in [0.25, 0.3) is 0 Å². The van der Waals surface area contributed by atoms with Crippen molar-refractivity contribution in [2.75, 3.05) is 13.6 Å². The monoisotopic (exact) mass is 340 g/mol. The average Bonchev–Trinajstić information content (AvgIpc) is 3.03. The minimum atomic E-state index is -3.81. The molecule has 0 saturated heterocycles. The summed E-state index contributed by atoms with van der Waals surface area (Å²) in [6.07, 6.45) is 1.40. The maximum Gasteiger partial charge on any atom is 0.260 e. The van der Waals surface area contributed by atoms with Crippen LogP contribution in [0.3, 0.4) is 0 Å². The van der Waals surface area contributed by atoms with Gasteiger partial charge in [0.1, 0.15) is 17.3 Å². The van der Waals surface area contributed by atoms with E-state index >= 15 is 0 Å². The van der Waals surface area contributed by atoms with Gasteiger partial charge in [0.2, 0.25) is 5.91 Å². The van der Waals surface area contributed by atoms with Crippen LogP contribution in [0.1, 0.15) is 17.3 Å². The van der Waals surface area contributed by atoms with Gasteiger partial charge in [-0.3, -0.25) is 4.79 Å². The standard InChI is InChI=1S/C14H20N4O4S/c1-10-5-6-12(22-10)8-18(4)14(19)7-15-23(20,21)13-9-17(3)11(2)16-13/h5-6,9,15H,7-8H2,1-4H3. The molecule has 2 rings (SSSR count). The third kappa shape index (κ3) is 4.20. The summed E-state index contributed by atoms with van der Waals surface area (Å²) in [6.45, 7) is 3.45. The number of amides is 1. The molecule has 23 heavy (non-hydrogen) atoms. The van der Waals surface area contributed by atoms with Crippen molar-refractivity contribution in [1.29, 1.82) is 0 Å². The first kappa shape index (κ1) is 17.2. The molecule has 0 unspecified atom stereocenters. The minimum Gasteiger partial charge on any atom is -0.464 e. The zero-order valence-electron chi connectivity index (χ0n) is 13.5. The van der Waals surface area contributed by atoms with Crippen LogP contribution in [0.2, 0.25) is 0 Å². The molecule has 0 bridgehead atoms. The van der Waals surface area contributed by atoms with Gasteiger partial charge in [-0.25, -0.2) is 18.1 Å². The largest absolute Gasteiger partial charge is 0.464 e. The Morgan fingerprint density at radius 1 is 1.39 bits per heavy atom. The number of nitrogens with zero attached hydrogens (tertiary/aromatic N) is 3. The Bertz CT molecular complexity index is 787. The van der Waals surface area contributed by atoms with E-state index in [1.807, 2.05) is 6.92 Å². The highest BCUT2D eigenvalue weighted by atomic mass is 32.2. The molecule has 2 aromatic heterocycles. The Morgan fingerprint density at radius 3 is 2.61 bits per heavy atom. The van der Waals surface area contributed by atoms with Crippen molar-refractivity contribution in [3.63, 3.8) is 0 Å². The first-order chi connectivity index (χ1) is 10.7. The fourth-order valence-electron chi connectivity index (χ4n) is 1.91. The second kappa shape index (κ2) is 6.55. The van der Waals surface area contributed by atoms with Gasteiger partial charge in [-0.1, -0.05) is 0 Å². The van der Waals surface area contributed by atoms with E-state index < -0.39 is 10.0 Å². The van der Waals surface area contributed by atoms with Crippen molar-refractivity contribution in [2.45, 2.75) is 25.4 Å².